The third-order valence-electron chi connectivity index (χ3n) is 6.46. The molecule has 8 heteroatoms. The Labute approximate surface area is 215 Å². The topological polar surface area (TPSA) is 78.7 Å². The lowest BCUT2D eigenvalue weighted by Gasteiger charge is -2.21. The molecule has 1 unspecified atom stereocenters. The van der Waals surface area contributed by atoms with E-state index in [1.165, 1.54) is 23.4 Å². The Hall–Kier alpha value is -4.49. The highest BCUT2D eigenvalue weighted by atomic mass is 35.5. The van der Waals surface area contributed by atoms with Crippen LogP contribution < -0.4 is 5.56 Å². The molecule has 0 saturated carbocycles. The van der Waals surface area contributed by atoms with Gasteiger partial charge in [-0.05, 0) is 42.0 Å². The third-order valence-corrected chi connectivity index (χ3v) is 6.71. The van der Waals surface area contributed by atoms with Crippen molar-refractivity contribution < 1.29 is 13.6 Å². The van der Waals surface area contributed by atoms with Crippen LogP contribution in [0.2, 0.25) is 5.02 Å². The molecule has 182 valence electrons. The van der Waals surface area contributed by atoms with Gasteiger partial charge in [0.15, 0.2) is 5.76 Å². The maximum Gasteiger partial charge on any atom is 0.310 e. The Kier molecular flexibility index (Phi) is 5.70. The molecule has 37 heavy (non-hydrogen) atoms. The third kappa shape index (κ3) is 4.03. The number of aromatic nitrogens is 1. The number of carbonyl (C=O) groups excluding carboxylic acids is 1. The SMILES string of the molecule is O=C(c1ccco1)N1N=C(c2c(-c3ccc(Cl)cc3)c3ccccc3[nH]c2=O)CC1c1ccccc1F. The van der Waals surface area contributed by atoms with E-state index in [9.17, 15) is 14.0 Å². The summed E-state index contributed by atoms with van der Waals surface area (Å²) >= 11 is 6.14. The van der Waals surface area contributed by atoms with Crippen LogP contribution in [0, 0.1) is 5.82 Å². The highest BCUT2D eigenvalue weighted by Gasteiger charge is 2.37. The number of rotatable bonds is 4. The molecule has 3 heterocycles. The quantitative estimate of drug-likeness (QED) is 0.296. The molecule has 6 nitrogen and oxygen atoms in total. The van der Waals surface area contributed by atoms with E-state index in [0.717, 1.165) is 10.9 Å². The number of carbonyl (C=O) groups is 1. The Morgan fingerprint density at radius 1 is 0.973 bits per heavy atom. The molecule has 5 aromatic rings. The fourth-order valence-corrected chi connectivity index (χ4v) is 4.91. The molecule has 6 rings (SSSR count). The van der Waals surface area contributed by atoms with Crippen molar-refractivity contribution in [2.75, 3.05) is 0 Å². The molecular formula is C29H19ClFN3O3. The normalized spacial score (nSPS) is 15.2. The van der Waals surface area contributed by atoms with Crippen molar-refractivity contribution in [1.29, 1.82) is 0 Å². The van der Waals surface area contributed by atoms with Crippen LogP contribution in [-0.4, -0.2) is 21.6 Å². The lowest BCUT2D eigenvalue weighted by Crippen LogP contribution is -2.27. The fourth-order valence-electron chi connectivity index (χ4n) is 4.78. The van der Waals surface area contributed by atoms with E-state index in [1.807, 2.05) is 36.4 Å². The first-order valence-corrected chi connectivity index (χ1v) is 12.0. The Balaban J connectivity index is 1.58. The monoisotopic (exact) mass is 511 g/mol. The van der Waals surface area contributed by atoms with Gasteiger partial charge in [-0.1, -0.05) is 60.1 Å². The van der Waals surface area contributed by atoms with Crippen molar-refractivity contribution in [1.82, 2.24) is 9.99 Å². The highest BCUT2D eigenvalue weighted by molar-refractivity contribution is 6.30. The van der Waals surface area contributed by atoms with Gasteiger partial charge in [-0.25, -0.2) is 9.40 Å². The first kappa shape index (κ1) is 22.9. The van der Waals surface area contributed by atoms with Gasteiger partial charge in [-0.2, -0.15) is 5.10 Å². The molecule has 0 fully saturated rings. The van der Waals surface area contributed by atoms with Crippen LogP contribution in [0.5, 0.6) is 0 Å². The number of aromatic amines is 1. The molecule has 1 amide bonds. The predicted octanol–water partition coefficient (Wildman–Crippen LogP) is 6.57. The van der Waals surface area contributed by atoms with Gasteiger partial charge in [-0.3, -0.25) is 9.59 Å². The number of benzene rings is 3. The molecule has 1 N–H and O–H groups in total. The molecule has 1 aliphatic rings. The van der Waals surface area contributed by atoms with E-state index in [1.54, 1.807) is 36.4 Å². The molecule has 0 radical (unpaired) electrons. The van der Waals surface area contributed by atoms with Gasteiger partial charge in [-0.15, -0.1) is 0 Å². The molecule has 1 atom stereocenters. The smallest absolute Gasteiger partial charge is 0.310 e. The molecule has 0 saturated heterocycles. The molecular weight excluding hydrogens is 493 g/mol. The van der Waals surface area contributed by atoms with Crippen LogP contribution in [0.4, 0.5) is 4.39 Å². The second kappa shape index (κ2) is 9.19. The summed E-state index contributed by atoms with van der Waals surface area (Å²) in [5, 5.41) is 7.18. The minimum Gasteiger partial charge on any atom is -0.459 e. The summed E-state index contributed by atoms with van der Waals surface area (Å²) in [5.74, 6) is -0.929. The van der Waals surface area contributed by atoms with Gasteiger partial charge in [0.2, 0.25) is 0 Å². The minimum absolute atomic E-state index is 0.0664. The maximum absolute atomic E-state index is 14.9. The maximum atomic E-state index is 14.9. The number of hydrazone groups is 1. The van der Waals surface area contributed by atoms with E-state index >= 15 is 0 Å². The van der Waals surface area contributed by atoms with E-state index in [2.05, 4.69) is 10.1 Å². The average molecular weight is 512 g/mol. The molecule has 1 aliphatic heterocycles. The zero-order valence-corrected chi connectivity index (χ0v) is 20.1. The summed E-state index contributed by atoms with van der Waals surface area (Å²) in [6, 6.07) is 23.2. The zero-order valence-electron chi connectivity index (χ0n) is 19.3. The molecule has 3 aromatic carbocycles. The van der Waals surface area contributed by atoms with Crippen molar-refractivity contribution in [2.45, 2.75) is 12.5 Å². The number of halogens is 2. The van der Waals surface area contributed by atoms with Crippen molar-refractivity contribution >= 4 is 34.1 Å². The van der Waals surface area contributed by atoms with E-state index in [-0.39, 0.29) is 17.7 Å². The molecule has 2 aromatic heterocycles. The van der Waals surface area contributed by atoms with Crippen molar-refractivity contribution in [2.24, 2.45) is 5.10 Å². The van der Waals surface area contributed by atoms with Gasteiger partial charge in [0.25, 0.3) is 5.56 Å². The van der Waals surface area contributed by atoms with E-state index in [4.69, 9.17) is 16.0 Å². The second-order valence-corrected chi connectivity index (χ2v) is 9.11. The van der Waals surface area contributed by atoms with Crippen LogP contribution in [0.25, 0.3) is 22.0 Å². The van der Waals surface area contributed by atoms with Gasteiger partial charge in [0.1, 0.15) is 5.82 Å². The van der Waals surface area contributed by atoms with E-state index < -0.39 is 17.8 Å². The van der Waals surface area contributed by atoms with Gasteiger partial charge in [0.05, 0.1) is 23.6 Å². The number of hydrogen-bond acceptors (Lipinski definition) is 4. The van der Waals surface area contributed by atoms with E-state index in [0.29, 0.717) is 32.9 Å². The highest BCUT2D eigenvalue weighted by Crippen LogP contribution is 2.38. The van der Waals surface area contributed by atoms with Crippen molar-refractivity contribution in [3.8, 4) is 11.1 Å². The van der Waals surface area contributed by atoms with Crippen LogP contribution in [0.1, 0.15) is 34.1 Å². The summed E-state index contributed by atoms with van der Waals surface area (Å²) in [5.41, 5.74) is 2.71. The number of hydrogen-bond donors (Lipinski definition) is 1. The first-order valence-electron chi connectivity index (χ1n) is 11.6. The summed E-state index contributed by atoms with van der Waals surface area (Å²) in [6.45, 7) is 0. The number of furan rings is 1. The van der Waals surface area contributed by atoms with Gasteiger partial charge < -0.3 is 9.40 Å². The molecule has 0 spiro atoms. The number of nitrogens with one attached hydrogen (secondary N) is 1. The minimum atomic E-state index is -0.766. The van der Waals surface area contributed by atoms with Crippen molar-refractivity contribution in [3.05, 3.63) is 129 Å². The standard InChI is InChI=1S/C29H19ClFN3O3/c30-18-13-11-17(12-14-18)26-20-7-2-4-9-22(20)32-28(35)27(26)23-16-24(19-6-1-3-8-21(19)31)34(33-23)29(36)25-10-5-15-37-25/h1-15,24H,16H2,(H,32,35). The number of para-hydroxylation sites is 1. The van der Waals surface area contributed by atoms with Crippen LogP contribution >= 0.6 is 11.6 Å². The Morgan fingerprint density at radius 3 is 2.49 bits per heavy atom. The lowest BCUT2D eigenvalue weighted by molar-refractivity contribution is 0.0676. The number of nitrogens with zero attached hydrogens (tertiary/aromatic N) is 2. The summed E-state index contributed by atoms with van der Waals surface area (Å²) in [7, 11) is 0. The summed E-state index contributed by atoms with van der Waals surface area (Å²) in [4.78, 5) is 29.8. The molecule has 0 bridgehead atoms. The first-order chi connectivity index (χ1) is 18.0. The predicted molar refractivity (Wildman–Crippen MR) is 140 cm³/mol. The number of pyridine rings is 1. The average Bonchev–Trinajstić information content (AvgIpc) is 3.59. The zero-order chi connectivity index (χ0) is 25.5. The largest absolute Gasteiger partial charge is 0.459 e. The number of H-pyrrole nitrogens is 1. The van der Waals surface area contributed by atoms with Gasteiger partial charge in [0, 0.05) is 33.5 Å². The van der Waals surface area contributed by atoms with Crippen LogP contribution in [-0.2, 0) is 0 Å². The van der Waals surface area contributed by atoms with Crippen molar-refractivity contribution in [3.63, 3.8) is 0 Å². The fraction of sp³-hybridized carbons (Fsp3) is 0.0690. The lowest BCUT2D eigenvalue weighted by atomic mass is 9.91. The second-order valence-electron chi connectivity index (χ2n) is 8.67. The Morgan fingerprint density at radius 2 is 1.73 bits per heavy atom. The number of fused-ring (bicyclic) bond motifs is 1. The summed E-state index contributed by atoms with van der Waals surface area (Å²) < 4.78 is 20.2. The molecule has 0 aliphatic carbocycles. The summed E-state index contributed by atoms with van der Waals surface area (Å²) in [6.07, 6.45) is 1.52. The van der Waals surface area contributed by atoms with Crippen LogP contribution in [0.3, 0.4) is 0 Å². The Bertz CT molecular complexity index is 1730. The van der Waals surface area contributed by atoms with Crippen LogP contribution in [0.15, 0.2) is 106 Å². The number of amides is 1. The van der Waals surface area contributed by atoms with Gasteiger partial charge >= 0.3 is 5.91 Å².